The first-order valence-corrected chi connectivity index (χ1v) is 5.47. The Morgan fingerprint density at radius 2 is 2.28 bits per heavy atom. The Bertz CT molecular complexity index is 551. The van der Waals surface area contributed by atoms with Crippen LogP contribution in [0.4, 0.5) is 0 Å². The van der Waals surface area contributed by atoms with E-state index in [1.165, 1.54) is 17.3 Å². The van der Waals surface area contributed by atoms with Gasteiger partial charge in [-0.15, -0.1) is 0 Å². The number of H-pyrrole nitrogens is 1. The molecule has 2 N–H and O–H groups in total. The maximum Gasteiger partial charge on any atom is 0.254 e. The lowest BCUT2D eigenvalue weighted by atomic mass is 10.1. The first kappa shape index (κ1) is 12.1. The molecule has 1 aromatic heterocycles. The molecule has 0 aliphatic rings. The highest BCUT2D eigenvalue weighted by Gasteiger charge is 2.14. The van der Waals surface area contributed by atoms with Gasteiger partial charge in [-0.3, -0.25) is 9.89 Å². The Labute approximate surface area is 104 Å². The van der Waals surface area contributed by atoms with Gasteiger partial charge in [0.05, 0.1) is 6.54 Å². The molecular formula is C12H14N4O2. The lowest BCUT2D eigenvalue weighted by Crippen LogP contribution is -2.26. The summed E-state index contributed by atoms with van der Waals surface area (Å²) in [6.07, 6.45) is 1.40. The number of nitrogens with one attached hydrogen (secondary N) is 1. The fourth-order valence-electron chi connectivity index (χ4n) is 1.61. The summed E-state index contributed by atoms with van der Waals surface area (Å²) in [5.74, 6) is 0.681. The number of benzene rings is 1. The number of carbonyl (C=O) groups excluding carboxylic acids is 1. The molecule has 0 saturated carbocycles. The van der Waals surface area contributed by atoms with Crippen LogP contribution < -0.4 is 0 Å². The molecule has 0 aliphatic heterocycles. The topological polar surface area (TPSA) is 82.1 Å². The molecule has 94 valence electrons. The summed E-state index contributed by atoms with van der Waals surface area (Å²) in [5.41, 5.74) is 1.21. The van der Waals surface area contributed by atoms with Gasteiger partial charge in [-0.05, 0) is 30.7 Å². The van der Waals surface area contributed by atoms with Crippen LogP contribution in [-0.4, -0.2) is 38.1 Å². The molecule has 18 heavy (non-hydrogen) atoms. The maximum atomic E-state index is 12.1. The van der Waals surface area contributed by atoms with Crippen molar-refractivity contribution in [2.24, 2.45) is 0 Å². The SMILES string of the molecule is Cc1cc(C(=O)N(C)Cc2ncn[nH]2)ccc1O. The molecule has 2 aromatic rings. The molecule has 0 atom stereocenters. The smallest absolute Gasteiger partial charge is 0.254 e. The van der Waals surface area contributed by atoms with Gasteiger partial charge in [-0.25, -0.2) is 4.98 Å². The van der Waals surface area contributed by atoms with Gasteiger partial charge in [0.15, 0.2) is 0 Å². The van der Waals surface area contributed by atoms with Crippen molar-refractivity contribution < 1.29 is 9.90 Å². The summed E-state index contributed by atoms with van der Waals surface area (Å²) >= 11 is 0. The molecule has 0 spiro atoms. The Kier molecular flexibility index (Phi) is 3.27. The molecule has 1 heterocycles. The van der Waals surface area contributed by atoms with Crippen LogP contribution in [0.15, 0.2) is 24.5 Å². The number of rotatable bonds is 3. The van der Waals surface area contributed by atoms with E-state index in [1.807, 2.05) is 0 Å². The predicted octanol–water partition coefficient (Wildman–Crippen LogP) is 1.09. The van der Waals surface area contributed by atoms with E-state index in [0.717, 1.165) is 0 Å². The summed E-state index contributed by atoms with van der Waals surface area (Å²) in [6.45, 7) is 2.11. The van der Waals surface area contributed by atoms with Gasteiger partial charge in [0.2, 0.25) is 0 Å². The van der Waals surface area contributed by atoms with Crippen LogP contribution in [0.25, 0.3) is 0 Å². The largest absolute Gasteiger partial charge is 0.508 e. The fourth-order valence-corrected chi connectivity index (χ4v) is 1.61. The van der Waals surface area contributed by atoms with Crippen LogP contribution in [0.3, 0.4) is 0 Å². The van der Waals surface area contributed by atoms with Gasteiger partial charge >= 0.3 is 0 Å². The molecule has 0 radical (unpaired) electrons. The molecule has 0 saturated heterocycles. The first-order chi connectivity index (χ1) is 8.58. The average Bonchev–Trinajstić information content (AvgIpc) is 2.84. The summed E-state index contributed by atoms with van der Waals surface area (Å²) < 4.78 is 0. The molecule has 6 nitrogen and oxygen atoms in total. The summed E-state index contributed by atoms with van der Waals surface area (Å²) in [4.78, 5) is 17.6. The van der Waals surface area contributed by atoms with Gasteiger partial charge < -0.3 is 10.0 Å². The Morgan fingerprint density at radius 3 is 2.89 bits per heavy atom. The Hall–Kier alpha value is -2.37. The van der Waals surface area contributed by atoms with Gasteiger partial charge in [0.1, 0.15) is 17.9 Å². The third-order valence-electron chi connectivity index (χ3n) is 2.64. The third kappa shape index (κ3) is 2.48. The number of phenols is 1. The zero-order chi connectivity index (χ0) is 13.1. The summed E-state index contributed by atoms with van der Waals surface area (Å²) in [7, 11) is 1.69. The van der Waals surface area contributed by atoms with Gasteiger partial charge in [0.25, 0.3) is 5.91 Å². The molecule has 6 heteroatoms. The van der Waals surface area contributed by atoms with Crippen LogP contribution >= 0.6 is 0 Å². The number of carbonyl (C=O) groups is 1. The van der Waals surface area contributed by atoms with Crippen molar-refractivity contribution in [3.63, 3.8) is 0 Å². The number of aromatic hydroxyl groups is 1. The van der Waals surface area contributed by atoms with E-state index in [4.69, 9.17) is 0 Å². The highest BCUT2D eigenvalue weighted by molar-refractivity contribution is 5.94. The molecule has 0 unspecified atom stereocenters. The van der Waals surface area contributed by atoms with Gasteiger partial charge in [-0.1, -0.05) is 0 Å². The molecule has 0 aliphatic carbocycles. The quantitative estimate of drug-likeness (QED) is 0.849. The minimum absolute atomic E-state index is 0.130. The molecule has 1 aromatic carbocycles. The van der Waals surface area contributed by atoms with E-state index in [2.05, 4.69) is 15.2 Å². The van der Waals surface area contributed by atoms with E-state index in [-0.39, 0.29) is 11.7 Å². The maximum absolute atomic E-state index is 12.1. The number of hydrogen-bond acceptors (Lipinski definition) is 4. The number of phenolic OH excluding ortho intramolecular Hbond substituents is 1. The van der Waals surface area contributed by atoms with E-state index in [1.54, 1.807) is 26.1 Å². The minimum atomic E-state index is -0.130. The normalized spacial score (nSPS) is 10.3. The van der Waals surface area contributed by atoms with Crippen molar-refractivity contribution in [3.05, 3.63) is 41.5 Å². The van der Waals surface area contributed by atoms with Crippen molar-refractivity contribution in [2.45, 2.75) is 13.5 Å². The van der Waals surface area contributed by atoms with Gasteiger partial charge in [0, 0.05) is 12.6 Å². The van der Waals surface area contributed by atoms with Gasteiger partial charge in [-0.2, -0.15) is 5.10 Å². The van der Waals surface area contributed by atoms with Crippen LogP contribution in [0.5, 0.6) is 5.75 Å². The number of amides is 1. The van der Waals surface area contributed by atoms with Crippen molar-refractivity contribution in [1.82, 2.24) is 20.1 Å². The van der Waals surface area contributed by atoms with Crippen LogP contribution in [0.2, 0.25) is 0 Å². The molecular weight excluding hydrogens is 232 g/mol. The van der Waals surface area contributed by atoms with Crippen molar-refractivity contribution in [1.29, 1.82) is 0 Å². The van der Waals surface area contributed by atoms with E-state index < -0.39 is 0 Å². The zero-order valence-electron chi connectivity index (χ0n) is 10.2. The number of aromatic amines is 1. The second kappa shape index (κ2) is 4.87. The lowest BCUT2D eigenvalue weighted by Gasteiger charge is -2.16. The van der Waals surface area contributed by atoms with Crippen molar-refractivity contribution in [2.75, 3.05) is 7.05 Å². The summed E-state index contributed by atoms with van der Waals surface area (Å²) in [5, 5.41) is 15.8. The Morgan fingerprint density at radius 1 is 1.50 bits per heavy atom. The highest BCUT2D eigenvalue weighted by Crippen LogP contribution is 2.18. The number of aromatic nitrogens is 3. The first-order valence-electron chi connectivity index (χ1n) is 5.47. The second-order valence-electron chi connectivity index (χ2n) is 4.09. The van der Waals surface area contributed by atoms with E-state index >= 15 is 0 Å². The van der Waals surface area contributed by atoms with Crippen LogP contribution in [-0.2, 0) is 6.54 Å². The molecule has 2 rings (SSSR count). The third-order valence-corrected chi connectivity index (χ3v) is 2.64. The average molecular weight is 246 g/mol. The monoisotopic (exact) mass is 246 g/mol. The second-order valence-corrected chi connectivity index (χ2v) is 4.09. The molecule has 1 amide bonds. The number of nitrogens with zero attached hydrogens (tertiary/aromatic N) is 3. The zero-order valence-corrected chi connectivity index (χ0v) is 10.2. The van der Waals surface area contributed by atoms with E-state index in [0.29, 0.717) is 23.5 Å². The Balaban J connectivity index is 2.12. The predicted molar refractivity (Wildman–Crippen MR) is 65.0 cm³/mol. The van der Waals surface area contributed by atoms with E-state index in [9.17, 15) is 9.90 Å². The standard InChI is InChI=1S/C12H14N4O2/c1-8-5-9(3-4-10(8)17)12(18)16(2)6-11-13-7-14-15-11/h3-5,7,17H,6H2,1-2H3,(H,13,14,15). The van der Waals surface area contributed by atoms with Crippen LogP contribution in [0.1, 0.15) is 21.7 Å². The van der Waals surface area contributed by atoms with Crippen molar-refractivity contribution >= 4 is 5.91 Å². The lowest BCUT2D eigenvalue weighted by molar-refractivity contribution is 0.0781. The minimum Gasteiger partial charge on any atom is -0.508 e. The number of hydrogen-bond donors (Lipinski definition) is 2. The van der Waals surface area contributed by atoms with Crippen LogP contribution in [0, 0.1) is 6.92 Å². The summed E-state index contributed by atoms with van der Waals surface area (Å²) in [6, 6.07) is 4.78. The highest BCUT2D eigenvalue weighted by atomic mass is 16.3. The molecule has 0 bridgehead atoms. The molecule has 0 fully saturated rings. The number of aryl methyl sites for hydroxylation is 1. The van der Waals surface area contributed by atoms with Crippen molar-refractivity contribution in [3.8, 4) is 5.75 Å². The fraction of sp³-hybridized carbons (Fsp3) is 0.250.